The van der Waals surface area contributed by atoms with E-state index in [4.69, 9.17) is 0 Å². The number of hydrogen-bond donors (Lipinski definition) is 2. The summed E-state index contributed by atoms with van der Waals surface area (Å²) in [6.45, 7) is 2.07. The number of rotatable bonds is 6. The molecule has 0 saturated heterocycles. The van der Waals surface area contributed by atoms with Crippen molar-refractivity contribution in [2.45, 2.75) is 24.8 Å². The molecule has 132 valence electrons. The lowest BCUT2D eigenvalue weighted by molar-refractivity contribution is 0.568. The second kappa shape index (κ2) is 6.81. The lowest BCUT2D eigenvalue weighted by atomic mass is 10.2. The van der Waals surface area contributed by atoms with Gasteiger partial charge in [-0.2, -0.15) is 0 Å². The van der Waals surface area contributed by atoms with Crippen LogP contribution < -0.4 is 10.4 Å². The zero-order valence-corrected chi connectivity index (χ0v) is 14.4. The van der Waals surface area contributed by atoms with Gasteiger partial charge >= 0.3 is 5.69 Å². The number of imidazole rings is 1. The van der Waals surface area contributed by atoms with Gasteiger partial charge in [-0.25, -0.2) is 22.3 Å². The normalized spacial score (nSPS) is 11.9. The van der Waals surface area contributed by atoms with Crippen molar-refractivity contribution in [2.75, 3.05) is 6.54 Å². The first-order chi connectivity index (χ1) is 11.9. The fraction of sp³-hybridized carbons (Fsp3) is 0.235. The summed E-state index contributed by atoms with van der Waals surface area (Å²) in [4.78, 5) is 14.7. The highest BCUT2D eigenvalue weighted by Gasteiger charge is 2.15. The van der Waals surface area contributed by atoms with Crippen molar-refractivity contribution < 1.29 is 12.8 Å². The number of sulfonamides is 1. The Morgan fingerprint density at radius 1 is 1.20 bits per heavy atom. The Bertz CT molecular complexity index is 1070. The minimum Gasteiger partial charge on any atom is -0.306 e. The summed E-state index contributed by atoms with van der Waals surface area (Å²) in [6.07, 6.45) is 0.446. The fourth-order valence-electron chi connectivity index (χ4n) is 2.64. The number of nitrogens with zero attached hydrogens (tertiary/aromatic N) is 1. The van der Waals surface area contributed by atoms with E-state index < -0.39 is 15.8 Å². The molecule has 0 saturated carbocycles. The van der Waals surface area contributed by atoms with Crippen LogP contribution in [-0.4, -0.2) is 24.5 Å². The van der Waals surface area contributed by atoms with Gasteiger partial charge in [-0.3, -0.25) is 4.57 Å². The molecule has 0 bridgehead atoms. The van der Waals surface area contributed by atoms with Crippen LogP contribution in [0.25, 0.3) is 11.0 Å². The van der Waals surface area contributed by atoms with Gasteiger partial charge in [0.1, 0.15) is 5.82 Å². The van der Waals surface area contributed by atoms with Crippen LogP contribution in [0.4, 0.5) is 4.39 Å². The van der Waals surface area contributed by atoms with Gasteiger partial charge in [0.05, 0.1) is 15.9 Å². The molecular weight excluding hydrogens is 345 g/mol. The van der Waals surface area contributed by atoms with E-state index in [9.17, 15) is 17.6 Å². The molecule has 8 heteroatoms. The maximum atomic E-state index is 13.3. The lowest BCUT2D eigenvalue weighted by Crippen LogP contribution is -2.27. The lowest BCUT2D eigenvalue weighted by Gasteiger charge is -2.08. The maximum absolute atomic E-state index is 13.3. The van der Waals surface area contributed by atoms with Crippen molar-refractivity contribution in [1.29, 1.82) is 0 Å². The number of fused-ring (bicyclic) bond motifs is 1. The zero-order valence-electron chi connectivity index (χ0n) is 13.6. The van der Waals surface area contributed by atoms with E-state index in [2.05, 4.69) is 9.71 Å². The molecule has 0 atom stereocenters. The molecule has 6 nitrogen and oxygen atoms in total. The molecule has 0 radical (unpaired) electrons. The number of aromatic nitrogens is 2. The molecule has 0 aliphatic carbocycles. The zero-order chi connectivity index (χ0) is 18.0. The molecule has 1 aromatic heterocycles. The predicted octanol–water partition coefficient (Wildman–Crippen LogP) is 2.15. The molecule has 25 heavy (non-hydrogen) atoms. The minimum absolute atomic E-state index is 0.0238. The molecule has 0 unspecified atom stereocenters. The van der Waals surface area contributed by atoms with Gasteiger partial charge in [-0.15, -0.1) is 0 Å². The molecule has 0 fully saturated rings. The Kier molecular flexibility index (Phi) is 4.73. The van der Waals surface area contributed by atoms with Crippen LogP contribution in [-0.2, 0) is 16.6 Å². The summed E-state index contributed by atoms with van der Waals surface area (Å²) in [6, 6.07) is 11.0. The van der Waals surface area contributed by atoms with Crippen LogP contribution in [0.2, 0.25) is 0 Å². The summed E-state index contributed by atoms with van der Waals surface area (Å²) < 4.78 is 41.8. The van der Waals surface area contributed by atoms with E-state index in [-0.39, 0.29) is 22.7 Å². The van der Waals surface area contributed by atoms with E-state index >= 15 is 0 Å². The molecule has 3 aromatic rings. The van der Waals surface area contributed by atoms with E-state index in [1.807, 2.05) is 24.3 Å². The first-order valence-corrected chi connectivity index (χ1v) is 9.30. The summed E-state index contributed by atoms with van der Waals surface area (Å²) in [5.41, 5.74) is 1.57. The van der Waals surface area contributed by atoms with Crippen molar-refractivity contribution >= 4 is 21.1 Å². The summed E-state index contributed by atoms with van der Waals surface area (Å²) in [5, 5.41) is 0. The maximum Gasteiger partial charge on any atom is 0.326 e. The van der Waals surface area contributed by atoms with Crippen LogP contribution in [0.3, 0.4) is 0 Å². The highest BCUT2D eigenvalue weighted by molar-refractivity contribution is 7.89. The van der Waals surface area contributed by atoms with Crippen molar-refractivity contribution in [3.05, 3.63) is 64.3 Å². The minimum atomic E-state index is -3.71. The van der Waals surface area contributed by atoms with Crippen molar-refractivity contribution in [2.24, 2.45) is 0 Å². The van der Waals surface area contributed by atoms with E-state index in [1.165, 1.54) is 19.1 Å². The number of nitrogens with one attached hydrogen (secondary N) is 2. The van der Waals surface area contributed by atoms with Gasteiger partial charge in [-0.05, 0) is 49.2 Å². The number of benzene rings is 2. The highest BCUT2D eigenvalue weighted by atomic mass is 32.2. The molecule has 3 rings (SSSR count). The third kappa shape index (κ3) is 3.64. The van der Waals surface area contributed by atoms with Gasteiger partial charge in [-0.1, -0.05) is 12.1 Å². The Labute approximate surface area is 144 Å². The summed E-state index contributed by atoms with van der Waals surface area (Å²) in [7, 11) is -3.71. The first kappa shape index (κ1) is 17.4. The average molecular weight is 363 g/mol. The second-order valence-electron chi connectivity index (χ2n) is 5.76. The predicted molar refractivity (Wildman–Crippen MR) is 93.5 cm³/mol. The topological polar surface area (TPSA) is 84.0 Å². The van der Waals surface area contributed by atoms with Crippen LogP contribution in [0.1, 0.15) is 12.0 Å². The van der Waals surface area contributed by atoms with Crippen LogP contribution in [0, 0.1) is 12.7 Å². The van der Waals surface area contributed by atoms with Gasteiger partial charge in [0, 0.05) is 13.1 Å². The van der Waals surface area contributed by atoms with E-state index in [0.29, 0.717) is 13.0 Å². The SMILES string of the molecule is Cc1cc(S(=O)(=O)NCCCn2c(=O)[nH]c3ccccc32)ccc1F. The average Bonchev–Trinajstić information content (AvgIpc) is 2.89. The van der Waals surface area contributed by atoms with E-state index in [0.717, 1.165) is 17.1 Å². The smallest absolute Gasteiger partial charge is 0.306 e. The molecule has 1 heterocycles. The Morgan fingerprint density at radius 2 is 1.96 bits per heavy atom. The largest absolute Gasteiger partial charge is 0.326 e. The molecule has 2 aromatic carbocycles. The first-order valence-electron chi connectivity index (χ1n) is 7.82. The second-order valence-corrected chi connectivity index (χ2v) is 7.53. The van der Waals surface area contributed by atoms with Crippen molar-refractivity contribution in [3.8, 4) is 0 Å². The Morgan fingerprint density at radius 3 is 2.72 bits per heavy atom. The van der Waals surface area contributed by atoms with Crippen molar-refractivity contribution in [1.82, 2.24) is 14.3 Å². The standard InChI is InChI=1S/C17H18FN3O3S/c1-12-11-13(7-8-14(12)18)25(23,24)19-9-4-10-21-16-6-3-2-5-15(16)20-17(21)22/h2-3,5-8,11,19H,4,9-10H2,1H3,(H,20,22). The van der Waals surface area contributed by atoms with Gasteiger partial charge in [0.15, 0.2) is 0 Å². The molecular formula is C17H18FN3O3S. The van der Waals surface area contributed by atoms with E-state index in [1.54, 1.807) is 4.57 Å². The quantitative estimate of drug-likeness (QED) is 0.658. The van der Waals surface area contributed by atoms with Crippen molar-refractivity contribution in [3.63, 3.8) is 0 Å². The highest BCUT2D eigenvalue weighted by Crippen LogP contribution is 2.14. The number of H-pyrrole nitrogens is 1. The number of para-hydroxylation sites is 2. The van der Waals surface area contributed by atoms with Crippen LogP contribution >= 0.6 is 0 Å². The number of aryl methyl sites for hydroxylation is 2. The fourth-order valence-corrected chi connectivity index (χ4v) is 3.80. The number of halogens is 1. The molecule has 0 aliphatic heterocycles. The molecule has 2 N–H and O–H groups in total. The Hall–Kier alpha value is -2.45. The molecule has 0 aliphatic rings. The van der Waals surface area contributed by atoms with Gasteiger partial charge in [0.2, 0.25) is 10.0 Å². The number of aromatic amines is 1. The number of hydrogen-bond acceptors (Lipinski definition) is 3. The van der Waals surface area contributed by atoms with Crippen LogP contribution in [0.5, 0.6) is 0 Å². The van der Waals surface area contributed by atoms with Gasteiger partial charge < -0.3 is 4.98 Å². The summed E-state index contributed by atoms with van der Waals surface area (Å²) >= 11 is 0. The third-order valence-corrected chi connectivity index (χ3v) is 5.43. The molecule has 0 spiro atoms. The summed E-state index contributed by atoms with van der Waals surface area (Å²) in [5.74, 6) is -0.447. The monoisotopic (exact) mass is 363 g/mol. The molecule has 0 amide bonds. The van der Waals surface area contributed by atoms with Gasteiger partial charge in [0.25, 0.3) is 0 Å². The third-order valence-electron chi connectivity index (χ3n) is 3.97. The Balaban J connectivity index is 1.65. The van der Waals surface area contributed by atoms with Crippen LogP contribution in [0.15, 0.2) is 52.2 Å².